The van der Waals surface area contributed by atoms with E-state index in [1.807, 2.05) is 0 Å². The molecule has 1 aromatic heterocycles. The van der Waals surface area contributed by atoms with Gasteiger partial charge in [-0.25, -0.2) is 8.78 Å². The van der Waals surface area contributed by atoms with Crippen LogP contribution in [0.15, 0.2) is 41.1 Å². The van der Waals surface area contributed by atoms with Crippen molar-refractivity contribution in [2.45, 2.75) is 0 Å². The smallest absolute Gasteiger partial charge is 0.197 e. The van der Waals surface area contributed by atoms with Gasteiger partial charge in [0.1, 0.15) is 11.6 Å². The van der Waals surface area contributed by atoms with Gasteiger partial charge in [0.25, 0.3) is 0 Å². The van der Waals surface area contributed by atoms with Gasteiger partial charge in [0.2, 0.25) is 0 Å². The third-order valence-electron chi connectivity index (χ3n) is 2.16. The molecule has 2 rings (SSSR count). The van der Waals surface area contributed by atoms with Gasteiger partial charge in [-0.15, -0.1) is 0 Å². The number of hydrogen-bond donors (Lipinski definition) is 0. The SMILES string of the molecule is O=C(c1cncc(F)c1)c1cccc(Br)c1F. The highest BCUT2D eigenvalue weighted by Crippen LogP contribution is 2.21. The molecule has 2 aromatic rings. The Labute approximate surface area is 104 Å². The van der Waals surface area contributed by atoms with Crippen molar-refractivity contribution in [2.24, 2.45) is 0 Å². The normalized spacial score (nSPS) is 10.3. The van der Waals surface area contributed by atoms with E-state index in [9.17, 15) is 13.6 Å². The largest absolute Gasteiger partial charge is 0.288 e. The van der Waals surface area contributed by atoms with Crippen molar-refractivity contribution in [3.05, 3.63) is 63.9 Å². The highest BCUT2D eigenvalue weighted by Gasteiger charge is 2.16. The average molecular weight is 298 g/mol. The molecule has 0 saturated carbocycles. The maximum atomic E-state index is 13.7. The maximum absolute atomic E-state index is 13.7. The number of benzene rings is 1. The highest BCUT2D eigenvalue weighted by atomic mass is 79.9. The van der Waals surface area contributed by atoms with Crippen LogP contribution in [0.25, 0.3) is 0 Å². The predicted molar refractivity (Wildman–Crippen MR) is 61.7 cm³/mol. The summed E-state index contributed by atoms with van der Waals surface area (Å²) >= 11 is 2.98. The van der Waals surface area contributed by atoms with E-state index >= 15 is 0 Å². The molecule has 0 atom stereocenters. The topological polar surface area (TPSA) is 30.0 Å². The van der Waals surface area contributed by atoms with Crippen LogP contribution in [-0.2, 0) is 0 Å². The molecule has 1 aromatic carbocycles. The summed E-state index contributed by atoms with van der Waals surface area (Å²) in [5, 5.41) is 0. The number of pyridine rings is 1. The summed E-state index contributed by atoms with van der Waals surface area (Å²) in [6.07, 6.45) is 2.18. The summed E-state index contributed by atoms with van der Waals surface area (Å²) in [6.45, 7) is 0. The van der Waals surface area contributed by atoms with Crippen molar-refractivity contribution in [3.8, 4) is 0 Å². The molecule has 5 heteroatoms. The fourth-order valence-electron chi connectivity index (χ4n) is 1.37. The van der Waals surface area contributed by atoms with Gasteiger partial charge in [-0.2, -0.15) is 0 Å². The van der Waals surface area contributed by atoms with E-state index < -0.39 is 17.4 Å². The predicted octanol–water partition coefficient (Wildman–Crippen LogP) is 3.35. The summed E-state index contributed by atoms with van der Waals surface area (Å²) in [4.78, 5) is 15.5. The zero-order valence-electron chi connectivity index (χ0n) is 8.45. The Bertz CT molecular complexity index is 586. The second-order valence-corrected chi connectivity index (χ2v) is 4.18. The third kappa shape index (κ3) is 2.39. The molecule has 0 N–H and O–H groups in total. The standard InChI is InChI=1S/C12H6BrF2NO/c13-10-3-1-2-9(11(10)15)12(17)7-4-8(14)6-16-5-7/h1-6H. The molecular formula is C12H6BrF2NO. The van der Waals surface area contributed by atoms with Gasteiger partial charge < -0.3 is 0 Å². The summed E-state index contributed by atoms with van der Waals surface area (Å²) in [7, 11) is 0. The molecule has 0 unspecified atom stereocenters. The van der Waals surface area contributed by atoms with Crippen molar-refractivity contribution >= 4 is 21.7 Å². The molecule has 1 heterocycles. The monoisotopic (exact) mass is 297 g/mol. The summed E-state index contributed by atoms with van der Waals surface area (Å²) in [5.74, 6) is -1.90. The molecule has 0 spiro atoms. The van der Waals surface area contributed by atoms with Gasteiger partial charge >= 0.3 is 0 Å². The summed E-state index contributed by atoms with van der Waals surface area (Å²) in [6, 6.07) is 5.38. The lowest BCUT2D eigenvalue weighted by Crippen LogP contribution is -2.05. The molecule has 0 saturated heterocycles. The number of carbonyl (C=O) groups is 1. The highest BCUT2D eigenvalue weighted by molar-refractivity contribution is 9.10. The van der Waals surface area contributed by atoms with E-state index in [2.05, 4.69) is 20.9 Å². The minimum atomic E-state index is -0.665. The summed E-state index contributed by atoms with van der Waals surface area (Å²) in [5.41, 5.74) is -0.103. The number of ketones is 1. The maximum Gasteiger partial charge on any atom is 0.197 e. The molecule has 0 bridgehead atoms. The Hall–Kier alpha value is -1.62. The van der Waals surface area contributed by atoms with Crippen LogP contribution in [0.2, 0.25) is 0 Å². The first-order valence-corrected chi connectivity index (χ1v) is 5.48. The molecule has 0 fully saturated rings. The molecule has 2 nitrogen and oxygen atoms in total. The van der Waals surface area contributed by atoms with E-state index in [1.54, 1.807) is 0 Å². The Balaban J connectivity index is 2.48. The van der Waals surface area contributed by atoms with Gasteiger partial charge in [-0.3, -0.25) is 9.78 Å². The Morgan fingerprint density at radius 2 is 2.00 bits per heavy atom. The first-order chi connectivity index (χ1) is 8.09. The van der Waals surface area contributed by atoms with Crippen LogP contribution in [0.4, 0.5) is 8.78 Å². The van der Waals surface area contributed by atoms with Crippen LogP contribution in [-0.4, -0.2) is 10.8 Å². The Morgan fingerprint density at radius 3 is 2.71 bits per heavy atom. The van der Waals surface area contributed by atoms with Crippen LogP contribution < -0.4 is 0 Å². The molecular weight excluding hydrogens is 292 g/mol. The van der Waals surface area contributed by atoms with Crippen LogP contribution in [0, 0.1) is 11.6 Å². The van der Waals surface area contributed by atoms with Crippen molar-refractivity contribution in [1.82, 2.24) is 4.98 Å². The van der Waals surface area contributed by atoms with Crippen molar-refractivity contribution < 1.29 is 13.6 Å². The quantitative estimate of drug-likeness (QED) is 0.796. The molecule has 0 radical (unpaired) electrons. The lowest BCUT2D eigenvalue weighted by molar-refractivity contribution is 0.103. The van der Waals surface area contributed by atoms with Crippen molar-refractivity contribution in [3.63, 3.8) is 0 Å². The first kappa shape index (κ1) is 11.9. The van der Waals surface area contributed by atoms with E-state index in [0.29, 0.717) is 0 Å². The van der Waals surface area contributed by atoms with Crippen LogP contribution >= 0.6 is 15.9 Å². The average Bonchev–Trinajstić information content (AvgIpc) is 2.32. The molecule has 0 aliphatic rings. The Morgan fingerprint density at radius 1 is 1.24 bits per heavy atom. The fourth-order valence-corrected chi connectivity index (χ4v) is 1.74. The molecule has 0 amide bonds. The van der Waals surface area contributed by atoms with Crippen molar-refractivity contribution in [1.29, 1.82) is 0 Å². The molecule has 0 aliphatic heterocycles. The van der Waals surface area contributed by atoms with E-state index in [1.165, 1.54) is 24.4 Å². The number of nitrogens with zero attached hydrogens (tertiary/aromatic N) is 1. The van der Waals surface area contributed by atoms with Crippen LogP contribution in [0.1, 0.15) is 15.9 Å². The van der Waals surface area contributed by atoms with Gasteiger partial charge in [-0.1, -0.05) is 6.07 Å². The minimum absolute atomic E-state index is 0.0157. The molecule has 0 aliphatic carbocycles. The van der Waals surface area contributed by atoms with Crippen LogP contribution in [0.5, 0.6) is 0 Å². The third-order valence-corrected chi connectivity index (χ3v) is 2.78. The van der Waals surface area contributed by atoms with E-state index in [4.69, 9.17) is 0 Å². The fraction of sp³-hybridized carbons (Fsp3) is 0. The zero-order chi connectivity index (χ0) is 12.4. The zero-order valence-corrected chi connectivity index (χ0v) is 10.0. The lowest BCUT2D eigenvalue weighted by Gasteiger charge is -2.03. The molecule has 86 valence electrons. The number of rotatable bonds is 2. The van der Waals surface area contributed by atoms with E-state index in [-0.39, 0.29) is 15.6 Å². The lowest BCUT2D eigenvalue weighted by atomic mass is 10.0. The van der Waals surface area contributed by atoms with Gasteiger partial charge in [0.15, 0.2) is 5.78 Å². The minimum Gasteiger partial charge on any atom is -0.288 e. The van der Waals surface area contributed by atoms with E-state index in [0.717, 1.165) is 12.3 Å². The number of halogens is 3. The summed E-state index contributed by atoms with van der Waals surface area (Å²) < 4.78 is 26.7. The first-order valence-electron chi connectivity index (χ1n) is 4.69. The van der Waals surface area contributed by atoms with Crippen LogP contribution in [0.3, 0.4) is 0 Å². The second kappa shape index (κ2) is 4.71. The molecule has 17 heavy (non-hydrogen) atoms. The number of aromatic nitrogens is 1. The van der Waals surface area contributed by atoms with Gasteiger partial charge in [0.05, 0.1) is 16.2 Å². The number of carbonyl (C=O) groups excluding carboxylic acids is 1. The Kier molecular flexibility index (Phi) is 3.28. The van der Waals surface area contributed by atoms with Crippen molar-refractivity contribution in [2.75, 3.05) is 0 Å². The number of hydrogen-bond acceptors (Lipinski definition) is 2. The second-order valence-electron chi connectivity index (χ2n) is 3.32. The van der Waals surface area contributed by atoms with Gasteiger partial charge in [-0.05, 0) is 34.1 Å². The van der Waals surface area contributed by atoms with Gasteiger partial charge in [0, 0.05) is 11.8 Å².